The Labute approximate surface area is 115 Å². The molecule has 98 valence electrons. The molecule has 0 aliphatic heterocycles. The first-order valence-corrected chi connectivity index (χ1v) is 9.05. The topological polar surface area (TPSA) is 34.1 Å². The molecule has 0 aliphatic rings. The van der Waals surface area contributed by atoms with E-state index in [0.29, 0.717) is 21.4 Å². The predicted molar refractivity (Wildman–Crippen MR) is 75.1 cm³/mol. The first kappa shape index (κ1) is 15.1. The van der Waals surface area contributed by atoms with Gasteiger partial charge in [0.1, 0.15) is 0 Å². The van der Waals surface area contributed by atoms with Gasteiger partial charge < -0.3 is 0 Å². The van der Waals surface area contributed by atoms with Crippen molar-refractivity contribution in [3.05, 3.63) is 35.4 Å². The van der Waals surface area contributed by atoms with Crippen LogP contribution < -0.4 is 0 Å². The minimum absolute atomic E-state index is 0.0305. The second kappa shape index (κ2) is 7.50. The predicted octanol–water partition coefficient (Wildman–Crippen LogP) is 2.74. The van der Waals surface area contributed by atoms with Gasteiger partial charge in [0.15, 0.2) is 0 Å². The maximum absolute atomic E-state index is 11.5. The van der Waals surface area contributed by atoms with Gasteiger partial charge in [-0.25, -0.2) is 0 Å². The summed E-state index contributed by atoms with van der Waals surface area (Å²) in [5, 5.41) is 1.20. The van der Waals surface area contributed by atoms with Crippen molar-refractivity contribution < 1.29 is 9.59 Å². The van der Waals surface area contributed by atoms with Crippen LogP contribution in [0.2, 0.25) is 11.1 Å². The van der Waals surface area contributed by atoms with Crippen molar-refractivity contribution in [2.75, 3.05) is 0 Å². The summed E-state index contributed by atoms with van der Waals surface area (Å²) in [5.74, 6) is 1.69. The summed E-state index contributed by atoms with van der Waals surface area (Å²) in [5.41, 5.74) is 2.44. The number of carbonyl (C=O) groups excluding carboxylic acids is 2. The van der Waals surface area contributed by atoms with Crippen molar-refractivity contribution in [1.29, 1.82) is 0 Å². The minimum atomic E-state index is -0.474. The molecule has 0 bridgehead atoms. The van der Waals surface area contributed by atoms with Crippen molar-refractivity contribution in [2.45, 2.75) is 37.8 Å². The van der Waals surface area contributed by atoms with Crippen molar-refractivity contribution in [1.82, 2.24) is 0 Å². The molecule has 0 atom stereocenters. The Balaban J connectivity index is 2.88. The van der Waals surface area contributed by atoms with Crippen molar-refractivity contribution in [3.8, 4) is 0 Å². The molecule has 0 saturated heterocycles. The maximum atomic E-state index is 11.5. The molecular weight excluding hydrogens is 291 g/mol. The normalized spacial score (nSPS) is 10.7. The fourth-order valence-electron chi connectivity index (χ4n) is 2.01. The Morgan fingerprint density at radius 3 is 2.17 bits per heavy atom. The summed E-state index contributed by atoms with van der Waals surface area (Å²) in [6.07, 6.45) is 1.60. The van der Waals surface area contributed by atoms with E-state index in [9.17, 15) is 9.59 Å². The van der Waals surface area contributed by atoms with Crippen molar-refractivity contribution in [3.63, 3.8) is 0 Å². The molecule has 0 aliphatic carbocycles. The molecule has 0 spiro atoms. The molecule has 1 aromatic rings. The van der Waals surface area contributed by atoms with Crippen LogP contribution in [0.25, 0.3) is 0 Å². The molecule has 18 heavy (non-hydrogen) atoms. The Hall–Kier alpha value is -0.921. The van der Waals surface area contributed by atoms with Gasteiger partial charge in [0, 0.05) is 0 Å². The van der Waals surface area contributed by atoms with Gasteiger partial charge in [-0.05, 0) is 0 Å². The second-order valence-electron chi connectivity index (χ2n) is 4.49. The van der Waals surface area contributed by atoms with Gasteiger partial charge in [-0.2, -0.15) is 0 Å². The standard InChI is InChI=1S/C15H20O2Se/c1-11(16)15(12(2)17)10-14-7-5-4-6-13(14)8-9-18-3/h4-7,15H,8-10H2,1-3H3. The molecular formula is C15H20O2Se. The number of rotatable bonds is 7. The molecule has 0 fully saturated rings. The van der Waals surface area contributed by atoms with Crippen LogP contribution >= 0.6 is 0 Å². The summed E-state index contributed by atoms with van der Waals surface area (Å²) >= 11 is 0.660. The molecule has 1 aromatic carbocycles. The number of hydrogen-bond acceptors (Lipinski definition) is 2. The average Bonchev–Trinajstić information content (AvgIpc) is 2.33. The number of ketones is 2. The van der Waals surface area contributed by atoms with Gasteiger partial charge in [0.2, 0.25) is 0 Å². The summed E-state index contributed by atoms with van der Waals surface area (Å²) in [6, 6.07) is 8.15. The SMILES string of the molecule is C[Se]CCc1ccccc1CC(C(C)=O)C(C)=O. The van der Waals surface area contributed by atoms with Gasteiger partial charge in [0.25, 0.3) is 0 Å². The first-order chi connectivity index (χ1) is 8.56. The molecule has 0 heterocycles. The van der Waals surface area contributed by atoms with Crippen LogP contribution in [0.3, 0.4) is 0 Å². The van der Waals surface area contributed by atoms with E-state index >= 15 is 0 Å². The zero-order valence-corrected chi connectivity index (χ0v) is 12.9. The average molecular weight is 311 g/mol. The zero-order valence-electron chi connectivity index (χ0n) is 11.2. The van der Waals surface area contributed by atoms with Crippen LogP contribution in [0.1, 0.15) is 25.0 Å². The molecule has 0 radical (unpaired) electrons. The molecule has 1 rings (SSSR count). The van der Waals surface area contributed by atoms with E-state index in [0.717, 1.165) is 12.0 Å². The number of benzene rings is 1. The van der Waals surface area contributed by atoms with Crippen molar-refractivity contribution in [2.24, 2.45) is 5.92 Å². The fourth-order valence-corrected chi connectivity index (χ4v) is 2.90. The Morgan fingerprint density at radius 2 is 1.67 bits per heavy atom. The van der Waals surface area contributed by atoms with Crippen LogP contribution in [0.5, 0.6) is 0 Å². The van der Waals surface area contributed by atoms with Gasteiger partial charge in [-0.1, -0.05) is 0 Å². The summed E-state index contributed by atoms with van der Waals surface area (Å²) in [7, 11) is 0. The van der Waals surface area contributed by atoms with Gasteiger partial charge >= 0.3 is 115 Å². The van der Waals surface area contributed by atoms with E-state index in [2.05, 4.69) is 11.9 Å². The van der Waals surface area contributed by atoms with E-state index in [1.807, 2.05) is 18.2 Å². The van der Waals surface area contributed by atoms with Crippen LogP contribution in [0.15, 0.2) is 24.3 Å². The van der Waals surface area contributed by atoms with Crippen molar-refractivity contribution >= 4 is 26.5 Å². The third-order valence-electron chi connectivity index (χ3n) is 3.10. The molecule has 0 amide bonds. The Bertz CT molecular complexity index is 412. The fraction of sp³-hybridized carbons (Fsp3) is 0.467. The molecule has 0 aromatic heterocycles. The third-order valence-corrected chi connectivity index (χ3v) is 4.38. The number of carbonyl (C=O) groups is 2. The Morgan fingerprint density at radius 1 is 1.11 bits per heavy atom. The zero-order chi connectivity index (χ0) is 13.5. The summed E-state index contributed by atoms with van der Waals surface area (Å²) in [4.78, 5) is 23.0. The van der Waals surface area contributed by atoms with Gasteiger partial charge in [-0.3, -0.25) is 0 Å². The monoisotopic (exact) mass is 312 g/mol. The van der Waals surface area contributed by atoms with Crippen LogP contribution in [0, 0.1) is 5.92 Å². The number of aryl methyl sites for hydroxylation is 1. The number of Topliss-reactive ketones (excluding diaryl/α,β-unsaturated/α-hetero) is 2. The van der Waals surface area contributed by atoms with Gasteiger partial charge in [0.05, 0.1) is 0 Å². The van der Waals surface area contributed by atoms with Crippen LogP contribution in [-0.2, 0) is 22.4 Å². The van der Waals surface area contributed by atoms with Crippen LogP contribution in [0.4, 0.5) is 0 Å². The molecule has 0 unspecified atom stereocenters. The summed E-state index contributed by atoms with van der Waals surface area (Å²) in [6.45, 7) is 3.01. The van der Waals surface area contributed by atoms with E-state index in [-0.39, 0.29) is 11.6 Å². The molecule has 3 heteroatoms. The molecule has 0 N–H and O–H groups in total. The number of hydrogen-bond donors (Lipinski definition) is 0. The summed E-state index contributed by atoms with van der Waals surface area (Å²) < 4.78 is 0. The van der Waals surface area contributed by atoms with E-state index < -0.39 is 5.92 Å². The third kappa shape index (κ3) is 4.40. The van der Waals surface area contributed by atoms with E-state index in [4.69, 9.17) is 0 Å². The second-order valence-corrected chi connectivity index (χ2v) is 6.56. The first-order valence-electron chi connectivity index (χ1n) is 6.13. The molecule has 0 saturated carbocycles. The van der Waals surface area contributed by atoms with E-state index in [1.54, 1.807) is 0 Å². The van der Waals surface area contributed by atoms with Gasteiger partial charge in [-0.15, -0.1) is 0 Å². The van der Waals surface area contributed by atoms with E-state index in [1.165, 1.54) is 24.7 Å². The quantitative estimate of drug-likeness (QED) is 0.573. The molecule has 2 nitrogen and oxygen atoms in total. The Kier molecular flexibility index (Phi) is 6.31. The van der Waals surface area contributed by atoms with Crippen LogP contribution in [-0.4, -0.2) is 26.5 Å².